The minimum Gasteiger partial charge on any atom is -0.324 e. The van der Waals surface area contributed by atoms with Gasteiger partial charge >= 0.3 is 0 Å². The van der Waals surface area contributed by atoms with Crippen LogP contribution in [0, 0.1) is 0 Å². The number of nitrogens with zero attached hydrogens (tertiary/aromatic N) is 3. The maximum Gasteiger partial charge on any atom is 0.244 e. The van der Waals surface area contributed by atoms with Crippen LogP contribution in [0.25, 0.3) is 0 Å². The molecule has 1 atom stereocenters. The van der Waals surface area contributed by atoms with E-state index < -0.39 is 5.54 Å². The number of rotatable bonds is 4. The smallest absolute Gasteiger partial charge is 0.244 e. The zero-order valence-electron chi connectivity index (χ0n) is 12.0. The molecule has 1 amide bonds. The first-order valence-corrected chi connectivity index (χ1v) is 7.14. The zero-order chi connectivity index (χ0) is 14.7. The summed E-state index contributed by atoms with van der Waals surface area (Å²) in [6.07, 6.45) is 5.12. The van der Waals surface area contributed by atoms with Crippen molar-refractivity contribution >= 4 is 11.6 Å². The van der Waals surface area contributed by atoms with Crippen LogP contribution in [0.15, 0.2) is 36.9 Å². The highest BCUT2D eigenvalue weighted by molar-refractivity contribution is 5.98. The standard InChI is InChI=1S/C15H19N5O/c1-15(7-2-8-17-15)14(21)19-13-5-3-12(4-6-13)9-20-11-16-10-18-20/h3-6,10-11,17H,2,7-9H2,1H3,(H,19,21). The molecule has 6 nitrogen and oxygen atoms in total. The van der Waals surface area contributed by atoms with Gasteiger partial charge in [-0.05, 0) is 44.0 Å². The van der Waals surface area contributed by atoms with Crippen LogP contribution in [-0.2, 0) is 11.3 Å². The van der Waals surface area contributed by atoms with Gasteiger partial charge in [-0.3, -0.25) is 4.79 Å². The lowest BCUT2D eigenvalue weighted by Gasteiger charge is -2.23. The molecule has 1 saturated heterocycles. The largest absolute Gasteiger partial charge is 0.324 e. The Morgan fingerprint density at radius 2 is 2.24 bits per heavy atom. The number of amides is 1. The lowest BCUT2D eigenvalue weighted by Crippen LogP contribution is -2.47. The highest BCUT2D eigenvalue weighted by Gasteiger charge is 2.35. The summed E-state index contributed by atoms with van der Waals surface area (Å²) < 4.78 is 1.76. The maximum absolute atomic E-state index is 12.3. The highest BCUT2D eigenvalue weighted by Crippen LogP contribution is 2.21. The third-order valence-electron chi connectivity index (χ3n) is 3.89. The molecule has 1 aromatic heterocycles. The molecule has 110 valence electrons. The fourth-order valence-electron chi connectivity index (χ4n) is 2.55. The van der Waals surface area contributed by atoms with Crippen LogP contribution >= 0.6 is 0 Å². The molecule has 1 aliphatic rings. The van der Waals surface area contributed by atoms with Crippen molar-refractivity contribution in [2.24, 2.45) is 0 Å². The van der Waals surface area contributed by atoms with Crippen molar-refractivity contribution < 1.29 is 4.79 Å². The van der Waals surface area contributed by atoms with E-state index in [-0.39, 0.29) is 5.91 Å². The predicted octanol–water partition coefficient (Wildman–Crippen LogP) is 1.41. The van der Waals surface area contributed by atoms with Crippen LogP contribution in [0.4, 0.5) is 5.69 Å². The summed E-state index contributed by atoms with van der Waals surface area (Å²) in [7, 11) is 0. The number of carbonyl (C=O) groups excluding carboxylic acids is 1. The molecule has 0 radical (unpaired) electrons. The Hall–Kier alpha value is -2.21. The number of aromatic nitrogens is 3. The number of benzene rings is 1. The van der Waals surface area contributed by atoms with Crippen molar-refractivity contribution in [3.05, 3.63) is 42.5 Å². The lowest BCUT2D eigenvalue weighted by atomic mass is 9.99. The van der Waals surface area contributed by atoms with Crippen molar-refractivity contribution in [3.63, 3.8) is 0 Å². The summed E-state index contributed by atoms with van der Waals surface area (Å²) in [6, 6.07) is 7.81. The summed E-state index contributed by atoms with van der Waals surface area (Å²) in [5.41, 5.74) is 1.49. The molecule has 1 fully saturated rings. The van der Waals surface area contributed by atoms with Gasteiger partial charge in [0.05, 0.1) is 12.1 Å². The quantitative estimate of drug-likeness (QED) is 0.891. The van der Waals surface area contributed by atoms with Crippen LogP contribution in [-0.4, -0.2) is 32.8 Å². The maximum atomic E-state index is 12.3. The number of anilines is 1. The molecule has 2 heterocycles. The van der Waals surface area contributed by atoms with Crippen LogP contribution in [0.3, 0.4) is 0 Å². The second kappa shape index (κ2) is 5.65. The minimum atomic E-state index is -0.445. The van der Waals surface area contributed by atoms with E-state index in [9.17, 15) is 4.79 Å². The Labute approximate surface area is 123 Å². The number of hydrogen-bond donors (Lipinski definition) is 2. The molecular formula is C15H19N5O. The van der Waals surface area contributed by atoms with Crippen molar-refractivity contribution in [2.75, 3.05) is 11.9 Å². The fourth-order valence-corrected chi connectivity index (χ4v) is 2.55. The topological polar surface area (TPSA) is 71.8 Å². The number of carbonyl (C=O) groups is 1. The molecule has 2 N–H and O–H groups in total. The first-order chi connectivity index (χ1) is 10.2. The number of nitrogens with one attached hydrogen (secondary N) is 2. The van der Waals surface area contributed by atoms with Gasteiger partial charge in [0.15, 0.2) is 0 Å². The second-order valence-electron chi connectivity index (χ2n) is 5.61. The predicted molar refractivity (Wildman–Crippen MR) is 79.8 cm³/mol. The normalized spacial score (nSPS) is 21.4. The van der Waals surface area contributed by atoms with Gasteiger partial charge in [0, 0.05) is 5.69 Å². The highest BCUT2D eigenvalue weighted by atomic mass is 16.2. The average molecular weight is 285 g/mol. The summed E-state index contributed by atoms with van der Waals surface area (Å²) in [5, 5.41) is 10.3. The summed E-state index contributed by atoms with van der Waals surface area (Å²) in [6.45, 7) is 3.53. The van der Waals surface area contributed by atoms with Gasteiger partial charge in [0.1, 0.15) is 12.7 Å². The van der Waals surface area contributed by atoms with Crippen molar-refractivity contribution in [1.29, 1.82) is 0 Å². The molecule has 1 aliphatic heterocycles. The molecule has 3 rings (SSSR count). The molecule has 0 spiro atoms. The Balaban J connectivity index is 1.63. The van der Waals surface area contributed by atoms with E-state index in [1.165, 1.54) is 6.33 Å². The monoisotopic (exact) mass is 285 g/mol. The summed E-state index contributed by atoms with van der Waals surface area (Å²) >= 11 is 0. The van der Waals surface area contributed by atoms with E-state index in [1.807, 2.05) is 31.2 Å². The van der Waals surface area contributed by atoms with E-state index in [2.05, 4.69) is 20.7 Å². The minimum absolute atomic E-state index is 0.0315. The molecule has 1 unspecified atom stereocenters. The van der Waals surface area contributed by atoms with Gasteiger partial charge in [-0.2, -0.15) is 5.10 Å². The van der Waals surface area contributed by atoms with E-state index in [1.54, 1.807) is 11.0 Å². The van der Waals surface area contributed by atoms with Crippen molar-refractivity contribution in [1.82, 2.24) is 20.1 Å². The lowest BCUT2D eigenvalue weighted by molar-refractivity contribution is -0.121. The third kappa shape index (κ3) is 3.11. The third-order valence-corrected chi connectivity index (χ3v) is 3.89. The molecule has 0 aliphatic carbocycles. The van der Waals surface area contributed by atoms with E-state index in [0.717, 1.165) is 30.6 Å². The van der Waals surface area contributed by atoms with Crippen LogP contribution in [0.1, 0.15) is 25.3 Å². The molecule has 0 bridgehead atoms. The molecule has 21 heavy (non-hydrogen) atoms. The van der Waals surface area contributed by atoms with E-state index >= 15 is 0 Å². The first kappa shape index (κ1) is 13.8. The van der Waals surface area contributed by atoms with Crippen LogP contribution in [0.5, 0.6) is 0 Å². The average Bonchev–Trinajstić information content (AvgIpc) is 3.13. The van der Waals surface area contributed by atoms with Crippen LogP contribution < -0.4 is 10.6 Å². The van der Waals surface area contributed by atoms with Crippen molar-refractivity contribution in [2.45, 2.75) is 31.8 Å². The molecule has 1 aromatic carbocycles. The van der Waals surface area contributed by atoms with Crippen molar-refractivity contribution in [3.8, 4) is 0 Å². The van der Waals surface area contributed by atoms with Gasteiger partial charge in [0.2, 0.25) is 5.91 Å². The molecule has 6 heteroatoms. The first-order valence-electron chi connectivity index (χ1n) is 7.14. The zero-order valence-corrected chi connectivity index (χ0v) is 12.0. The van der Waals surface area contributed by atoms with Gasteiger partial charge in [-0.15, -0.1) is 0 Å². The molecule has 0 saturated carbocycles. The van der Waals surface area contributed by atoms with E-state index in [0.29, 0.717) is 6.54 Å². The molecular weight excluding hydrogens is 266 g/mol. The summed E-state index contributed by atoms with van der Waals surface area (Å²) in [4.78, 5) is 16.2. The van der Waals surface area contributed by atoms with Gasteiger partial charge in [-0.25, -0.2) is 9.67 Å². The Kier molecular flexibility index (Phi) is 3.70. The van der Waals surface area contributed by atoms with E-state index in [4.69, 9.17) is 0 Å². The Morgan fingerprint density at radius 3 is 2.86 bits per heavy atom. The second-order valence-corrected chi connectivity index (χ2v) is 5.61. The van der Waals surface area contributed by atoms with Gasteiger partial charge < -0.3 is 10.6 Å². The fraction of sp³-hybridized carbons (Fsp3) is 0.400. The Bertz CT molecular complexity index is 600. The van der Waals surface area contributed by atoms with Gasteiger partial charge in [-0.1, -0.05) is 12.1 Å². The number of hydrogen-bond acceptors (Lipinski definition) is 4. The SMILES string of the molecule is CC1(C(=O)Nc2ccc(Cn3cncn3)cc2)CCCN1. The summed E-state index contributed by atoms with van der Waals surface area (Å²) in [5.74, 6) is 0.0315. The molecule has 2 aromatic rings. The Morgan fingerprint density at radius 1 is 1.43 bits per heavy atom. The van der Waals surface area contributed by atoms with Crippen LogP contribution in [0.2, 0.25) is 0 Å². The van der Waals surface area contributed by atoms with Gasteiger partial charge in [0.25, 0.3) is 0 Å².